The first-order valence-corrected chi connectivity index (χ1v) is 12.5. The van der Waals surface area contributed by atoms with Crippen LogP contribution < -0.4 is 5.69 Å². The molecule has 0 N–H and O–H groups in total. The Labute approximate surface area is 226 Å². The summed E-state index contributed by atoms with van der Waals surface area (Å²) in [7, 11) is 0. The van der Waals surface area contributed by atoms with Crippen LogP contribution in [-0.2, 0) is 11.3 Å². The average Bonchev–Trinajstić information content (AvgIpc) is 3.12. The highest BCUT2D eigenvalue weighted by Gasteiger charge is 2.34. The van der Waals surface area contributed by atoms with Crippen LogP contribution in [0.1, 0.15) is 30.1 Å². The molecular formula is C24H23BrF6N6O2. The van der Waals surface area contributed by atoms with E-state index in [0.717, 1.165) is 0 Å². The first-order chi connectivity index (χ1) is 18.5. The molecule has 4 rings (SSSR count). The van der Waals surface area contributed by atoms with Crippen molar-refractivity contribution in [2.75, 3.05) is 26.2 Å². The number of imidazole rings is 1. The zero-order valence-corrected chi connectivity index (χ0v) is 21.9. The quantitative estimate of drug-likeness (QED) is 0.154. The first-order valence-electron chi connectivity index (χ1n) is 11.8. The van der Waals surface area contributed by atoms with Gasteiger partial charge in [-0.3, -0.25) is 19.0 Å². The molecule has 8 nitrogen and oxygen atoms in total. The second-order valence-corrected chi connectivity index (χ2v) is 9.76. The Morgan fingerprint density at radius 3 is 2.51 bits per heavy atom. The van der Waals surface area contributed by atoms with Crippen LogP contribution in [0.5, 0.6) is 0 Å². The molecule has 0 bridgehead atoms. The molecule has 0 saturated carbocycles. The summed E-state index contributed by atoms with van der Waals surface area (Å²) in [4.78, 5) is 19.1. The lowest BCUT2D eigenvalue weighted by Crippen LogP contribution is -2.42. The molecule has 0 radical (unpaired) electrons. The van der Waals surface area contributed by atoms with Crippen LogP contribution in [0, 0.1) is 5.82 Å². The predicted octanol–water partition coefficient (Wildman–Crippen LogP) is 4.99. The molecule has 2 aromatic heterocycles. The van der Waals surface area contributed by atoms with Gasteiger partial charge in [0.15, 0.2) is 6.61 Å². The summed E-state index contributed by atoms with van der Waals surface area (Å²) in [5.74, 6) is -0.799. The second-order valence-electron chi connectivity index (χ2n) is 8.90. The van der Waals surface area contributed by atoms with Gasteiger partial charge in [-0.05, 0) is 47.0 Å². The van der Waals surface area contributed by atoms with Crippen LogP contribution in [0.3, 0.4) is 0 Å². The number of aromatic nitrogens is 3. The number of alkyl halides is 5. The molecule has 3 aromatic rings. The SMILES string of the molecule is C=N/N=C(\OCC(F)F)c1ccc(Cn2c(=O)n(C3CCN(CC(F)(F)F)CC3)c3cc(Br)c(F)cc32)nc1. The lowest BCUT2D eigenvalue weighted by molar-refractivity contribution is -0.148. The Balaban J connectivity index is 1.63. The first kappa shape index (κ1) is 28.8. The van der Waals surface area contributed by atoms with Gasteiger partial charge in [0.2, 0.25) is 5.90 Å². The van der Waals surface area contributed by atoms with Crippen molar-refractivity contribution in [3.05, 3.63) is 62.5 Å². The standard InChI is InChI=1S/C24H23BrF6N6O2/c1-32-34-22(39-12-21(27)28)14-2-3-15(33-10-14)11-36-19-9-18(26)17(25)8-20(19)37(23(36)38)16-4-6-35(7-5-16)13-24(29,30)31/h2-3,8-10,16,21H,1,4-7,11-13H2/b34-22-. The molecule has 1 aromatic carbocycles. The molecule has 0 atom stereocenters. The number of hydrogen-bond acceptors (Lipinski definition) is 6. The number of hydrogen-bond donors (Lipinski definition) is 0. The third kappa shape index (κ3) is 6.87. The molecule has 1 aliphatic rings. The van der Waals surface area contributed by atoms with Gasteiger partial charge < -0.3 is 4.74 Å². The van der Waals surface area contributed by atoms with Crippen LogP contribution >= 0.6 is 15.9 Å². The Morgan fingerprint density at radius 1 is 1.21 bits per heavy atom. The van der Waals surface area contributed by atoms with Gasteiger partial charge in [-0.25, -0.2) is 18.0 Å². The second kappa shape index (κ2) is 11.9. The van der Waals surface area contributed by atoms with Gasteiger partial charge in [-0.15, -0.1) is 5.10 Å². The summed E-state index contributed by atoms with van der Waals surface area (Å²) in [5.41, 5.74) is 0.917. The van der Waals surface area contributed by atoms with Gasteiger partial charge in [0, 0.05) is 38.1 Å². The highest BCUT2D eigenvalue weighted by atomic mass is 79.9. The average molecular weight is 621 g/mol. The Morgan fingerprint density at radius 2 is 1.92 bits per heavy atom. The number of ether oxygens (including phenoxy) is 1. The molecular weight excluding hydrogens is 598 g/mol. The molecule has 1 aliphatic heterocycles. The lowest BCUT2D eigenvalue weighted by Gasteiger charge is -2.32. The van der Waals surface area contributed by atoms with Crippen molar-refractivity contribution >= 4 is 39.6 Å². The Bertz CT molecular complexity index is 1410. The smallest absolute Gasteiger partial charge is 0.401 e. The van der Waals surface area contributed by atoms with Crippen molar-refractivity contribution in [1.29, 1.82) is 0 Å². The fourth-order valence-corrected chi connectivity index (χ4v) is 4.88. The molecule has 0 aliphatic carbocycles. The maximum atomic E-state index is 14.5. The van der Waals surface area contributed by atoms with Crippen molar-refractivity contribution in [3.8, 4) is 0 Å². The van der Waals surface area contributed by atoms with Gasteiger partial charge in [0.05, 0.1) is 39.9 Å². The van der Waals surface area contributed by atoms with E-state index in [1.807, 2.05) is 0 Å². The van der Waals surface area contributed by atoms with Gasteiger partial charge in [-0.2, -0.15) is 18.3 Å². The number of rotatable bonds is 8. The number of nitrogens with zero attached hydrogens (tertiary/aromatic N) is 6. The van der Waals surface area contributed by atoms with E-state index in [4.69, 9.17) is 4.74 Å². The predicted molar refractivity (Wildman–Crippen MR) is 136 cm³/mol. The minimum absolute atomic E-state index is 0.0549. The Hall–Kier alpha value is -3.20. The summed E-state index contributed by atoms with van der Waals surface area (Å²) >= 11 is 3.15. The number of fused-ring (bicyclic) bond motifs is 1. The fourth-order valence-electron chi connectivity index (χ4n) is 4.55. The van der Waals surface area contributed by atoms with Crippen LogP contribution in [0.4, 0.5) is 26.3 Å². The monoisotopic (exact) mass is 620 g/mol. The third-order valence-electron chi connectivity index (χ3n) is 6.23. The van der Waals surface area contributed by atoms with Crippen LogP contribution in [0.2, 0.25) is 0 Å². The fraction of sp³-hybridized carbons (Fsp3) is 0.417. The molecule has 15 heteroatoms. The van der Waals surface area contributed by atoms with Crippen molar-refractivity contribution < 1.29 is 31.1 Å². The molecule has 0 spiro atoms. The summed E-state index contributed by atoms with van der Waals surface area (Å²) < 4.78 is 85.9. The molecule has 3 heterocycles. The summed E-state index contributed by atoms with van der Waals surface area (Å²) in [6, 6.07) is 5.33. The van der Waals surface area contributed by atoms with Crippen molar-refractivity contribution in [1.82, 2.24) is 19.0 Å². The van der Waals surface area contributed by atoms with Crippen LogP contribution in [0.25, 0.3) is 11.0 Å². The number of benzene rings is 1. The number of pyridine rings is 1. The lowest BCUT2D eigenvalue weighted by atomic mass is 10.0. The molecule has 210 valence electrons. The minimum Gasteiger partial charge on any atom is -0.470 e. The Kier molecular flexibility index (Phi) is 8.79. The van der Waals surface area contributed by atoms with Gasteiger partial charge >= 0.3 is 11.9 Å². The third-order valence-corrected chi connectivity index (χ3v) is 6.84. The van der Waals surface area contributed by atoms with E-state index in [-0.39, 0.29) is 41.6 Å². The van der Waals surface area contributed by atoms with E-state index in [1.165, 1.54) is 44.5 Å². The van der Waals surface area contributed by atoms with Crippen molar-refractivity contribution in [2.45, 2.75) is 38.0 Å². The van der Waals surface area contributed by atoms with Crippen LogP contribution in [0.15, 0.2) is 49.9 Å². The number of piperidine rings is 1. The van der Waals surface area contributed by atoms with E-state index in [2.05, 4.69) is 37.8 Å². The van der Waals surface area contributed by atoms with Crippen LogP contribution in [-0.4, -0.2) is 70.5 Å². The molecule has 0 unspecified atom stereocenters. The summed E-state index contributed by atoms with van der Waals surface area (Å²) in [6.45, 7) is 1.53. The van der Waals surface area contributed by atoms with Crippen molar-refractivity contribution in [2.24, 2.45) is 10.2 Å². The van der Waals surface area contributed by atoms with Gasteiger partial charge in [0.25, 0.3) is 6.43 Å². The zero-order valence-electron chi connectivity index (χ0n) is 20.3. The minimum atomic E-state index is -4.31. The number of halogens is 7. The van der Waals surface area contributed by atoms with E-state index < -0.39 is 37.3 Å². The zero-order chi connectivity index (χ0) is 28.3. The maximum absolute atomic E-state index is 14.5. The largest absolute Gasteiger partial charge is 0.470 e. The summed E-state index contributed by atoms with van der Waals surface area (Å²) in [6.07, 6.45) is -5.10. The summed E-state index contributed by atoms with van der Waals surface area (Å²) in [5, 5.41) is 6.90. The normalized spacial score (nSPS) is 15.8. The molecule has 39 heavy (non-hydrogen) atoms. The highest BCUT2D eigenvalue weighted by molar-refractivity contribution is 9.10. The number of likely N-dealkylation sites (tertiary alicyclic amines) is 1. The molecule has 0 amide bonds. The maximum Gasteiger partial charge on any atom is 0.401 e. The van der Waals surface area contributed by atoms with Gasteiger partial charge in [0.1, 0.15) is 5.82 Å². The van der Waals surface area contributed by atoms with Crippen molar-refractivity contribution in [3.63, 3.8) is 0 Å². The topological polar surface area (TPSA) is 77.0 Å². The van der Waals surface area contributed by atoms with E-state index in [0.29, 0.717) is 29.6 Å². The molecule has 1 fully saturated rings. The van der Waals surface area contributed by atoms with E-state index >= 15 is 0 Å². The van der Waals surface area contributed by atoms with E-state index in [1.54, 1.807) is 0 Å². The van der Waals surface area contributed by atoms with E-state index in [9.17, 15) is 31.1 Å². The molecule has 1 saturated heterocycles. The van der Waals surface area contributed by atoms with Gasteiger partial charge in [-0.1, -0.05) is 0 Å². The highest BCUT2D eigenvalue weighted by Crippen LogP contribution is 2.30.